The van der Waals surface area contributed by atoms with Crippen molar-refractivity contribution in [3.05, 3.63) is 18.3 Å². The Morgan fingerprint density at radius 3 is 3.19 bits per heavy atom. The second-order valence-electron chi connectivity index (χ2n) is 3.95. The van der Waals surface area contributed by atoms with E-state index in [4.69, 9.17) is 4.74 Å². The Balaban J connectivity index is 2.23. The molecule has 4 heteroatoms. The lowest BCUT2D eigenvalue weighted by Crippen LogP contribution is -2.40. The van der Waals surface area contributed by atoms with Crippen LogP contribution < -0.4 is 9.64 Å². The van der Waals surface area contributed by atoms with Crippen molar-refractivity contribution in [1.82, 2.24) is 4.98 Å². The molecule has 0 bridgehead atoms. The van der Waals surface area contributed by atoms with Crippen molar-refractivity contribution < 1.29 is 9.53 Å². The summed E-state index contributed by atoms with van der Waals surface area (Å²) in [6.07, 6.45) is 5.95. The van der Waals surface area contributed by atoms with Crippen LogP contribution in [-0.2, 0) is 4.79 Å². The summed E-state index contributed by atoms with van der Waals surface area (Å²) < 4.78 is 5.09. The summed E-state index contributed by atoms with van der Waals surface area (Å²) in [4.78, 5) is 17.2. The fraction of sp³-hybridized carbons (Fsp3) is 0.500. The molecule has 0 amide bonds. The van der Waals surface area contributed by atoms with E-state index in [0.29, 0.717) is 5.88 Å². The molecule has 1 aromatic heterocycles. The molecule has 0 saturated carbocycles. The number of nitrogens with zero attached hydrogens (tertiary/aromatic N) is 2. The average Bonchev–Trinajstić information content (AvgIpc) is 2.38. The molecular formula is C12H16N2O2. The largest absolute Gasteiger partial charge is 0.481 e. The molecule has 0 aliphatic carbocycles. The third-order valence-electron chi connectivity index (χ3n) is 2.97. The first kappa shape index (κ1) is 10.9. The van der Waals surface area contributed by atoms with Crippen LogP contribution in [0.25, 0.3) is 0 Å². The molecule has 4 nitrogen and oxygen atoms in total. The van der Waals surface area contributed by atoms with Crippen LogP contribution in [-0.4, -0.2) is 31.0 Å². The predicted molar refractivity (Wildman–Crippen MR) is 61.8 cm³/mol. The van der Waals surface area contributed by atoms with Crippen LogP contribution >= 0.6 is 0 Å². The number of anilines is 1. The molecule has 16 heavy (non-hydrogen) atoms. The van der Waals surface area contributed by atoms with Crippen LogP contribution in [0.4, 0.5) is 5.69 Å². The topological polar surface area (TPSA) is 42.4 Å². The number of rotatable bonds is 3. The number of carbonyl (C=O) groups is 1. The minimum atomic E-state index is 0.000793. The molecule has 2 rings (SSSR count). The van der Waals surface area contributed by atoms with Gasteiger partial charge in [-0.15, -0.1) is 0 Å². The van der Waals surface area contributed by atoms with Crippen LogP contribution in [0.3, 0.4) is 0 Å². The number of pyridine rings is 1. The van der Waals surface area contributed by atoms with Gasteiger partial charge in [0.05, 0.1) is 13.2 Å². The fourth-order valence-corrected chi connectivity index (χ4v) is 2.11. The standard InChI is InChI=1S/C12H16N2O2/c1-16-12-8-10(5-6-13-12)14-7-3-2-4-11(14)9-15/h5-6,8-9,11H,2-4,7H2,1H3. The van der Waals surface area contributed by atoms with Gasteiger partial charge in [0.25, 0.3) is 0 Å². The van der Waals surface area contributed by atoms with Gasteiger partial charge in [-0.25, -0.2) is 4.98 Å². The van der Waals surface area contributed by atoms with E-state index in [-0.39, 0.29) is 6.04 Å². The van der Waals surface area contributed by atoms with Gasteiger partial charge in [-0.1, -0.05) is 0 Å². The van der Waals surface area contributed by atoms with E-state index in [9.17, 15) is 4.79 Å². The maximum atomic E-state index is 11.0. The Bertz CT molecular complexity index is 368. The van der Waals surface area contributed by atoms with Gasteiger partial charge in [0.1, 0.15) is 6.29 Å². The summed E-state index contributed by atoms with van der Waals surface area (Å²) in [5.41, 5.74) is 1.02. The molecule has 1 aliphatic heterocycles. The Kier molecular flexibility index (Phi) is 3.39. The van der Waals surface area contributed by atoms with Gasteiger partial charge in [0.2, 0.25) is 5.88 Å². The molecule has 0 radical (unpaired) electrons. The van der Waals surface area contributed by atoms with Gasteiger partial charge in [-0.3, -0.25) is 0 Å². The maximum Gasteiger partial charge on any atom is 0.214 e. The Morgan fingerprint density at radius 2 is 2.44 bits per heavy atom. The molecular weight excluding hydrogens is 204 g/mol. The molecule has 1 atom stereocenters. The lowest BCUT2D eigenvalue weighted by molar-refractivity contribution is -0.109. The highest BCUT2D eigenvalue weighted by Crippen LogP contribution is 2.25. The highest BCUT2D eigenvalue weighted by Gasteiger charge is 2.22. The van der Waals surface area contributed by atoms with Crippen molar-refractivity contribution in [3.63, 3.8) is 0 Å². The summed E-state index contributed by atoms with van der Waals surface area (Å²) in [7, 11) is 1.60. The summed E-state index contributed by atoms with van der Waals surface area (Å²) >= 11 is 0. The van der Waals surface area contributed by atoms with Crippen LogP contribution in [0.5, 0.6) is 5.88 Å². The van der Waals surface area contributed by atoms with Gasteiger partial charge in [0.15, 0.2) is 0 Å². The number of carbonyl (C=O) groups excluding carboxylic acids is 1. The van der Waals surface area contributed by atoms with Crippen LogP contribution in [0.15, 0.2) is 18.3 Å². The van der Waals surface area contributed by atoms with Crippen LogP contribution in [0.2, 0.25) is 0 Å². The number of hydrogen-bond acceptors (Lipinski definition) is 4. The minimum absolute atomic E-state index is 0.000793. The highest BCUT2D eigenvalue weighted by molar-refractivity contribution is 5.66. The SMILES string of the molecule is COc1cc(N2CCCCC2C=O)ccn1. The van der Waals surface area contributed by atoms with Crippen molar-refractivity contribution in [3.8, 4) is 5.88 Å². The average molecular weight is 220 g/mol. The number of ether oxygens (including phenoxy) is 1. The third-order valence-corrected chi connectivity index (χ3v) is 2.97. The Morgan fingerprint density at radius 1 is 1.56 bits per heavy atom. The second kappa shape index (κ2) is 4.96. The second-order valence-corrected chi connectivity index (χ2v) is 3.95. The number of aldehydes is 1. The van der Waals surface area contributed by atoms with E-state index >= 15 is 0 Å². The zero-order chi connectivity index (χ0) is 11.4. The van der Waals surface area contributed by atoms with Crippen LogP contribution in [0, 0.1) is 0 Å². The quantitative estimate of drug-likeness (QED) is 0.726. The molecule has 1 aliphatic rings. The highest BCUT2D eigenvalue weighted by atomic mass is 16.5. The Labute approximate surface area is 95.2 Å². The molecule has 2 heterocycles. The molecule has 1 saturated heterocycles. The van der Waals surface area contributed by atoms with Crippen molar-refractivity contribution in [2.75, 3.05) is 18.6 Å². The smallest absolute Gasteiger partial charge is 0.214 e. The van der Waals surface area contributed by atoms with E-state index in [1.807, 2.05) is 12.1 Å². The van der Waals surface area contributed by atoms with Gasteiger partial charge >= 0.3 is 0 Å². The molecule has 0 aromatic carbocycles. The number of aromatic nitrogens is 1. The van der Waals surface area contributed by atoms with E-state index in [2.05, 4.69) is 9.88 Å². The van der Waals surface area contributed by atoms with Gasteiger partial charge in [0, 0.05) is 24.5 Å². The molecule has 1 aromatic rings. The summed E-state index contributed by atoms with van der Waals surface area (Å²) in [5.74, 6) is 0.590. The number of hydrogen-bond donors (Lipinski definition) is 0. The predicted octanol–water partition coefficient (Wildman–Crippen LogP) is 1.65. The lowest BCUT2D eigenvalue weighted by atomic mass is 10.0. The Hall–Kier alpha value is -1.58. The first-order chi connectivity index (χ1) is 7.85. The molecule has 0 N–H and O–H groups in total. The normalized spacial score (nSPS) is 20.6. The van der Waals surface area contributed by atoms with E-state index in [1.165, 1.54) is 0 Å². The van der Waals surface area contributed by atoms with Crippen LogP contribution in [0.1, 0.15) is 19.3 Å². The van der Waals surface area contributed by atoms with E-state index in [1.54, 1.807) is 13.3 Å². The summed E-state index contributed by atoms with van der Waals surface area (Å²) in [6.45, 7) is 0.927. The summed E-state index contributed by atoms with van der Waals surface area (Å²) in [5, 5.41) is 0. The van der Waals surface area contributed by atoms with Gasteiger partial charge in [-0.05, 0) is 25.3 Å². The van der Waals surface area contributed by atoms with Crippen molar-refractivity contribution in [2.24, 2.45) is 0 Å². The minimum Gasteiger partial charge on any atom is -0.481 e. The summed E-state index contributed by atoms with van der Waals surface area (Å²) in [6, 6.07) is 3.80. The molecule has 1 fully saturated rings. The van der Waals surface area contributed by atoms with Crippen molar-refractivity contribution in [1.29, 1.82) is 0 Å². The lowest BCUT2D eigenvalue weighted by Gasteiger charge is -2.34. The molecule has 0 spiro atoms. The third kappa shape index (κ3) is 2.15. The van der Waals surface area contributed by atoms with Gasteiger partial charge in [-0.2, -0.15) is 0 Å². The van der Waals surface area contributed by atoms with E-state index in [0.717, 1.165) is 37.8 Å². The number of piperidine rings is 1. The maximum absolute atomic E-state index is 11.0. The first-order valence-electron chi connectivity index (χ1n) is 5.57. The first-order valence-corrected chi connectivity index (χ1v) is 5.57. The fourth-order valence-electron chi connectivity index (χ4n) is 2.11. The number of methoxy groups -OCH3 is 1. The zero-order valence-corrected chi connectivity index (χ0v) is 9.43. The molecule has 86 valence electrons. The van der Waals surface area contributed by atoms with Crippen molar-refractivity contribution >= 4 is 12.0 Å². The molecule has 1 unspecified atom stereocenters. The van der Waals surface area contributed by atoms with E-state index < -0.39 is 0 Å². The van der Waals surface area contributed by atoms with Crippen molar-refractivity contribution in [2.45, 2.75) is 25.3 Å². The zero-order valence-electron chi connectivity index (χ0n) is 9.43. The monoisotopic (exact) mass is 220 g/mol. The van der Waals surface area contributed by atoms with Gasteiger partial charge < -0.3 is 14.4 Å².